The molecule has 0 radical (unpaired) electrons. The van der Waals surface area contributed by atoms with Gasteiger partial charge in [0, 0.05) is 22.5 Å². The number of rotatable bonds is 6. The minimum Gasteiger partial charge on any atom is -0.466 e. The van der Waals surface area contributed by atoms with Gasteiger partial charge in [-0.15, -0.1) is 0 Å². The molecule has 6 nitrogen and oxygen atoms in total. The highest BCUT2D eigenvalue weighted by atomic mass is 35.5. The normalized spacial score (nSPS) is 16.3. The molecule has 1 aliphatic heterocycles. The second-order valence-corrected chi connectivity index (χ2v) is 8.47. The lowest BCUT2D eigenvalue weighted by Crippen LogP contribution is -2.32. The van der Waals surface area contributed by atoms with Gasteiger partial charge in [-0.25, -0.2) is 4.90 Å². The maximum atomic E-state index is 12.8. The minimum atomic E-state index is -0.388. The molecule has 0 N–H and O–H groups in total. The molecule has 9 heteroatoms. The van der Waals surface area contributed by atoms with E-state index >= 15 is 0 Å². The van der Waals surface area contributed by atoms with E-state index in [0.29, 0.717) is 24.0 Å². The zero-order valence-electron chi connectivity index (χ0n) is 15.8. The molecule has 1 aromatic carbocycles. The van der Waals surface area contributed by atoms with Crippen LogP contribution in [0.4, 0.5) is 5.69 Å². The van der Waals surface area contributed by atoms with E-state index in [1.807, 2.05) is 0 Å². The van der Waals surface area contributed by atoms with E-state index in [1.54, 1.807) is 6.92 Å². The van der Waals surface area contributed by atoms with Crippen molar-refractivity contribution in [3.8, 4) is 0 Å². The average Bonchev–Trinajstić information content (AvgIpc) is 2.93. The SMILES string of the molecule is CCOC(=O)CCSC(=O)c1cc(N2C(=O)C3=C(CCCC3)C2=O)c(Cl)cc1Cl. The molecule has 2 amide bonds. The zero-order valence-corrected chi connectivity index (χ0v) is 18.1. The molecular formula is C20H19Cl2NO5S. The molecule has 1 heterocycles. The number of thioether (sulfide) groups is 1. The van der Waals surface area contributed by atoms with Crippen LogP contribution in [0.2, 0.25) is 10.0 Å². The maximum Gasteiger partial charge on any atom is 0.306 e. The summed E-state index contributed by atoms with van der Waals surface area (Å²) in [6.07, 6.45) is 2.94. The molecule has 0 saturated heterocycles. The van der Waals surface area contributed by atoms with Gasteiger partial charge in [0.05, 0.1) is 28.8 Å². The third kappa shape index (κ3) is 4.52. The van der Waals surface area contributed by atoms with Gasteiger partial charge in [0.15, 0.2) is 0 Å². The van der Waals surface area contributed by atoms with Crippen LogP contribution in [0.1, 0.15) is 49.4 Å². The zero-order chi connectivity index (χ0) is 21.1. The Bertz CT molecular complexity index is 900. The first-order valence-corrected chi connectivity index (χ1v) is 11.0. The number of nitrogens with zero attached hydrogens (tertiary/aromatic N) is 1. The Kier molecular flexibility index (Phi) is 7.03. The van der Waals surface area contributed by atoms with Gasteiger partial charge in [-0.05, 0) is 44.7 Å². The summed E-state index contributed by atoms with van der Waals surface area (Å²) in [5.41, 5.74) is 1.34. The molecule has 0 aromatic heterocycles. The molecule has 1 aliphatic carbocycles. The lowest BCUT2D eigenvalue weighted by molar-refractivity contribution is -0.142. The third-order valence-electron chi connectivity index (χ3n) is 4.73. The van der Waals surface area contributed by atoms with Crippen LogP contribution in [0.3, 0.4) is 0 Å². The van der Waals surface area contributed by atoms with Gasteiger partial charge in [0.1, 0.15) is 0 Å². The van der Waals surface area contributed by atoms with Crippen LogP contribution in [-0.2, 0) is 19.1 Å². The molecule has 3 rings (SSSR count). The van der Waals surface area contributed by atoms with Crippen molar-refractivity contribution in [1.29, 1.82) is 0 Å². The highest BCUT2D eigenvalue weighted by Gasteiger charge is 2.40. The van der Waals surface area contributed by atoms with Crippen molar-refractivity contribution in [1.82, 2.24) is 0 Å². The van der Waals surface area contributed by atoms with Crippen molar-refractivity contribution < 1.29 is 23.9 Å². The molecule has 0 unspecified atom stereocenters. The summed E-state index contributed by atoms with van der Waals surface area (Å²) in [5, 5.41) is -0.150. The maximum absolute atomic E-state index is 12.8. The van der Waals surface area contributed by atoms with Crippen LogP contribution < -0.4 is 4.90 Å². The predicted molar refractivity (Wildman–Crippen MR) is 112 cm³/mol. The fraction of sp³-hybridized carbons (Fsp3) is 0.400. The standard InChI is InChI=1S/C20H19Cl2NO5S/c1-2-28-17(24)7-8-29-20(27)13-9-16(15(22)10-14(13)21)23-18(25)11-5-3-4-6-12(11)19(23)26/h9-10H,2-8H2,1H3. The monoisotopic (exact) mass is 455 g/mol. The van der Waals surface area contributed by atoms with E-state index < -0.39 is 0 Å². The quantitative estimate of drug-likeness (QED) is 0.461. The molecule has 0 spiro atoms. The average molecular weight is 456 g/mol. The smallest absolute Gasteiger partial charge is 0.306 e. The fourth-order valence-corrected chi connectivity index (χ4v) is 4.75. The van der Waals surface area contributed by atoms with Gasteiger partial charge in [-0.1, -0.05) is 35.0 Å². The molecule has 29 heavy (non-hydrogen) atoms. The second-order valence-electron chi connectivity index (χ2n) is 6.58. The molecule has 1 aromatic rings. The van der Waals surface area contributed by atoms with Crippen LogP contribution in [0.25, 0.3) is 0 Å². The van der Waals surface area contributed by atoms with E-state index in [9.17, 15) is 19.2 Å². The first-order chi connectivity index (χ1) is 13.8. The summed E-state index contributed by atoms with van der Waals surface area (Å²) in [6.45, 7) is 1.98. The number of hydrogen-bond acceptors (Lipinski definition) is 6. The Hall–Kier alpha value is -1.83. The molecule has 154 valence electrons. The van der Waals surface area contributed by atoms with Crippen molar-refractivity contribution in [2.24, 2.45) is 0 Å². The number of halogens is 2. The summed E-state index contributed by atoms with van der Waals surface area (Å²) >= 11 is 13.4. The molecule has 0 saturated carbocycles. The van der Waals surface area contributed by atoms with Crippen LogP contribution in [0, 0.1) is 0 Å². The summed E-state index contributed by atoms with van der Waals surface area (Å²) < 4.78 is 4.83. The number of anilines is 1. The van der Waals surface area contributed by atoms with Gasteiger partial charge in [0.2, 0.25) is 5.12 Å². The Morgan fingerprint density at radius 2 is 1.69 bits per heavy atom. The number of ether oxygens (including phenoxy) is 1. The number of carbonyl (C=O) groups is 4. The number of amides is 2. The van der Waals surface area contributed by atoms with Crippen molar-refractivity contribution in [3.05, 3.63) is 38.9 Å². The summed E-state index contributed by atoms with van der Waals surface area (Å²) in [7, 11) is 0. The van der Waals surface area contributed by atoms with Crippen LogP contribution in [0.15, 0.2) is 23.3 Å². The molecule has 2 aliphatic rings. The number of imide groups is 1. The predicted octanol–water partition coefficient (Wildman–Crippen LogP) is 4.56. The Morgan fingerprint density at radius 1 is 1.07 bits per heavy atom. The molecule has 0 atom stereocenters. The first kappa shape index (κ1) is 21.9. The van der Waals surface area contributed by atoms with Crippen LogP contribution in [-0.4, -0.2) is 35.3 Å². The first-order valence-electron chi connectivity index (χ1n) is 9.27. The highest BCUT2D eigenvalue weighted by Crippen LogP contribution is 2.40. The van der Waals surface area contributed by atoms with E-state index in [4.69, 9.17) is 27.9 Å². The summed E-state index contributed by atoms with van der Waals surface area (Å²) in [6, 6.07) is 2.73. The minimum absolute atomic E-state index is 0.0854. The summed E-state index contributed by atoms with van der Waals surface area (Å²) in [4.78, 5) is 50.6. The van der Waals surface area contributed by atoms with E-state index in [2.05, 4.69) is 0 Å². The lowest BCUT2D eigenvalue weighted by atomic mass is 9.93. The van der Waals surface area contributed by atoms with Gasteiger partial charge in [-0.2, -0.15) is 0 Å². The van der Waals surface area contributed by atoms with Crippen molar-refractivity contribution in [3.63, 3.8) is 0 Å². The summed E-state index contributed by atoms with van der Waals surface area (Å²) in [5.74, 6) is -0.936. The molecule has 0 bridgehead atoms. The Balaban J connectivity index is 1.81. The van der Waals surface area contributed by atoms with Gasteiger partial charge >= 0.3 is 5.97 Å². The Labute approximate surface area is 182 Å². The van der Waals surface area contributed by atoms with E-state index in [-0.39, 0.29) is 63.0 Å². The van der Waals surface area contributed by atoms with Gasteiger partial charge < -0.3 is 4.74 Å². The number of esters is 1. The molecule has 0 fully saturated rings. The van der Waals surface area contributed by atoms with Gasteiger partial charge in [-0.3, -0.25) is 19.2 Å². The van der Waals surface area contributed by atoms with Crippen molar-refractivity contribution in [2.45, 2.75) is 39.0 Å². The topological polar surface area (TPSA) is 80.8 Å². The molecular weight excluding hydrogens is 437 g/mol. The van der Waals surface area contributed by atoms with Crippen molar-refractivity contribution in [2.75, 3.05) is 17.3 Å². The number of benzene rings is 1. The highest BCUT2D eigenvalue weighted by molar-refractivity contribution is 8.14. The third-order valence-corrected chi connectivity index (χ3v) is 6.24. The number of carbonyl (C=O) groups excluding carboxylic acids is 4. The van der Waals surface area contributed by atoms with Crippen LogP contribution in [0.5, 0.6) is 0 Å². The fourth-order valence-electron chi connectivity index (χ4n) is 3.36. The van der Waals surface area contributed by atoms with E-state index in [0.717, 1.165) is 29.5 Å². The lowest BCUT2D eigenvalue weighted by Gasteiger charge is -2.18. The van der Waals surface area contributed by atoms with Gasteiger partial charge in [0.25, 0.3) is 11.8 Å². The van der Waals surface area contributed by atoms with Crippen molar-refractivity contribution >= 4 is 63.6 Å². The number of hydrogen-bond donors (Lipinski definition) is 0. The Morgan fingerprint density at radius 3 is 2.28 bits per heavy atom. The van der Waals surface area contributed by atoms with Crippen LogP contribution >= 0.6 is 35.0 Å². The van der Waals surface area contributed by atoms with E-state index in [1.165, 1.54) is 12.1 Å². The second kappa shape index (κ2) is 9.32. The largest absolute Gasteiger partial charge is 0.466 e.